The largest absolute Gasteiger partial charge is 0.508 e. The van der Waals surface area contributed by atoms with Crippen LogP contribution >= 0.6 is 0 Å². The quantitative estimate of drug-likeness (QED) is 0.0538. The number of carbonyl (C=O) groups excluding carboxylic acids is 8. The number of primary amides is 1. The van der Waals surface area contributed by atoms with Crippen LogP contribution in [0.5, 0.6) is 5.75 Å². The van der Waals surface area contributed by atoms with Crippen LogP contribution in [-0.4, -0.2) is 192 Å². The van der Waals surface area contributed by atoms with Gasteiger partial charge in [0.2, 0.25) is 47.3 Å². The number of aliphatic hydroxyl groups is 6. The van der Waals surface area contributed by atoms with Gasteiger partial charge in [0.05, 0.1) is 36.9 Å². The van der Waals surface area contributed by atoms with Gasteiger partial charge in [0.25, 0.3) is 0 Å². The summed E-state index contributed by atoms with van der Waals surface area (Å²) in [7, 11) is 0. The molecule has 82 heavy (non-hydrogen) atoms. The summed E-state index contributed by atoms with van der Waals surface area (Å²) in [6.07, 6.45) is -6.24. The minimum absolute atomic E-state index is 0.0578. The first-order valence-corrected chi connectivity index (χ1v) is 29.0. The Bertz CT molecular complexity index is 2500. The minimum atomic E-state index is -2.25. The van der Waals surface area contributed by atoms with Gasteiger partial charge >= 0.3 is 6.92 Å². The van der Waals surface area contributed by atoms with E-state index in [2.05, 4.69) is 47.4 Å². The molecule has 25 heteroatoms. The van der Waals surface area contributed by atoms with E-state index in [1.54, 1.807) is 42.5 Å². The summed E-state index contributed by atoms with van der Waals surface area (Å²) in [6, 6.07) is 3.71. The number of hydrogen-bond acceptors (Lipinski definition) is 16. The number of phenols is 1. The number of unbranched alkanes of at least 4 members (excludes halogenated alkanes) is 5. The first-order chi connectivity index (χ1) is 39.0. The Labute approximate surface area is 478 Å². The predicted octanol–water partition coefficient (Wildman–Crippen LogP) is -1.35. The van der Waals surface area contributed by atoms with E-state index < -0.39 is 165 Å². The molecule has 4 fully saturated rings. The number of carbonyl (C=O) groups is 8. The van der Waals surface area contributed by atoms with Crippen molar-refractivity contribution in [1.29, 1.82) is 0 Å². The molecular weight excluding hydrogens is 1060 g/mol. The lowest BCUT2D eigenvalue weighted by Gasteiger charge is -2.35. The summed E-state index contributed by atoms with van der Waals surface area (Å²) < 4.78 is 6.65. The summed E-state index contributed by atoms with van der Waals surface area (Å²) >= 11 is 0. The Morgan fingerprint density at radius 1 is 0.756 bits per heavy atom. The number of fused-ring (bicyclic) bond motifs is 2. The molecule has 0 radical (unpaired) electrons. The van der Waals surface area contributed by atoms with Crippen LogP contribution in [0.15, 0.2) is 54.6 Å². The fraction of sp³-hybridized carbons (Fsp3) is 0.649. The zero-order chi connectivity index (χ0) is 59.9. The molecule has 2 aromatic carbocycles. The third-order valence-electron chi connectivity index (χ3n) is 16.4. The number of benzene rings is 2. The SMILES string of the molecule is CCC(C)CC(C)CCCCCCCCC(=O)N[C@H]1C[C@@H](O)[C@@H](O)NC(=O)[C@@H]2[C@@H](O)CCN2C(=O)[C@H]([C@H](O)CC(N)=O)NC(=O)[C@H]([C@@H]2OB(c3ccccc3)C[C@@H]2c2ccc(O)cc2)NC(=O)[C@@H]2C[C@@H](O)CN2C(=O)[C@H]([C@@H](C)O)NC1=O. The van der Waals surface area contributed by atoms with Crippen LogP contribution in [0, 0.1) is 11.8 Å². The van der Waals surface area contributed by atoms with Crippen LogP contribution in [0.4, 0.5) is 0 Å². The number of aliphatic hydroxyl groups excluding tert-OH is 6. The van der Waals surface area contributed by atoms with Gasteiger partial charge in [-0.15, -0.1) is 0 Å². The molecule has 4 saturated heterocycles. The number of aromatic hydroxyl groups is 1. The van der Waals surface area contributed by atoms with E-state index in [4.69, 9.17) is 10.4 Å². The number of hydrogen-bond donors (Lipinski definition) is 13. The van der Waals surface area contributed by atoms with Crippen molar-refractivity contribution in [3.05, 3.63) is 60.2 Å². The maximum Gasteiger partial charge on any atom is 0.327 e. The lowest BCUT2D eigenvalue weighted by atomic mass is 9.57. The Morgan fingerprint density at radius 3 is 2.06 bits per heavy atom. The Hall–Kier alpha value is -6.22. The Morgan fingerprint density at radius 2 is 1.40 bits per heavy atom. The molecule has 2 aromatic rings. The highest BCUT2D eigenvalue weighted by molar-refractivity contribution is 6.68. The highest BCUT2D eigenvalue weighted by atomic mass is 16.5. The summed E-state index contributed by atoms with van der Waals surface area (Å²) in [5, 5.41) is 90.2. The summed E-state index contributed by atoms with van der Waals surface area (Å²) in [5.74, 6) is -8.26. The van der Waals surface area contributed by atoms with Gasteiger partial charge in [-0.2, -0.15) is 0 Å². The molecule has 0 aliphatic carbocycles. The van der Waals surface area contributed by atoms with Gasteiger partial charge in [0, 0.05) is 38.3 Å². The predicted molar refractivity (Wildman–Crippen MR) is 299 cm³/mol. The summed E-state index contributed by atoms with van der Waals surface area (Å²) in [5.41, 5.74) is 6.67. The van der Waals surface area contributed by atoms with E-state index in [-0.39, 0.29) is 31.5 Å². The van der Waals surface area contributed by atoms with Crippen molar-refractivity contribution in [3.8, 4) is 5.75 Å². The van der Waals surface area contributed by atoms with Gasteiger partial charge in [0.1, 0.15) is 48.1 Å². The number of rotatable bonds is 20. The average Bonchev–Trinajstić information content (AvgIpc) is 4.23. The van der Waals surface area contributed by atoms with Crippen LogP contribution in [0.25, 0.3) is 0 Å². The molecule has 0 spiro atoms. The number of amides is 8. The van der Waals surface area contributed by atoms with Crippen molar-refractivity contribution in [3.63, 3.8) is 0 Å². The maximum absolute atomic E-state index is 15.2. The molecule has 0 saturated carbocycles. The zero-order valence-corrected chi connectivity index (χ0v) is 47.3. The maximum atomic E-state index is 15.2. The average molecular weight is 1150 g/mol. The molecule has 4 aliphatic rings. The molecule has 0 bridgehead atoms. The highest BCUT2D eigenvalue weighted by Crippen LogP contribution is 2.38. The second kappa shape index (κ2) is 30.4. The normalized spacial score (nSPS) is 29.5. The minimum Gasteiger partial charge on any atom is -0.508 e. The number of phenolic OH excluding ortho intramolecular Hbond substituents is 1. The Kier molecular flexibility index (Phi) is 24.1. The highest BCUT2D eigenvalue weighted by Gasteiger charge is 2.51. The lowest BCUT2D eigenvalue weighted by Crippen LogP contribution is -2.64. The summed E-state index contributed by atoms with van der Waals surface area (Å²) in [6.45, 7) is 6.24. The van der Waals surface area contributed by atoms with E-state index in [0.29, 0.717) is 35.7 Å². The molecule has 2 unspecified atom stereocenters. The monoisotopic (exact) mass is 1150 g/mol. The Balaban J connectivity index is 1.34. The second-order valence-corrected chi connectivity index (χ2v) is 23.0. The van der Waals surface area contributed by atoms with Gasteiger partial charge in [-0.3, -0.25) is 38.4 Å². The van der Waals surface area contributed by atoms with Gasteiger partial charge < -0.3 is 82.5 Å². The smallest absolute Gasteiger partial charge is 0.327 e. The zero-order valence-electron chi connectivity index (χ0n) is 47.3. The fourth-order valence-electron chi connectivity index (χ4n) is 11.7. The van der Waals surface area contributed by atoms with Crippen molar-refractivity contribution < 1.29 is 78.8 Å². The number of nitrogens with two attached hydrogens (primary N) is 1. The van der Waals surface area contributed by atoms with Gasteiger partial charge in [-0.1, -0.05) is 108 Å². The number of nitrogens with zero attached hydrogens (tertiary/aromatic N) is 2. The topological polar surface area (TPSA) is 380 Å². The van der Waals surface area contributed by atoms with Crippen molar-refractivity contribution in [2.45, 2.75) is 209 Å². The van der Waals surface area contributed by atoms with Gasteiger partial charge in [-0.25, -0.2) is 0 Å². The molecule has 4 heterocycles. The van der Waals surface area contributed by atoms with E-state index in [1.165, 1.54) is 18.6 Å². The number of nitrogens with one attached hydrogen (secondary N) is 5. The van der Waals surface area contributed by atoms with Crippen molar-refractivity contribution in [2.75, 3.05) is 13.1 Å². The standard InChI is InChI=1S/C57H85BN8O16/c1-5-31(2)25-32(3)15-11-8-6-7-9-14-18-45(74)60-39-27-43(72)53(77)64-55(79)49-41(70)23-24-65(49)57(81)47(42(71)28-44(59)73)62-54(78)48(63-52(76)40-26-37(69)30-66(40)56(80)46(33(4)67)61-51(39)75)50-38(34-19-21-36(68)22-20-34)29-58(82-50)35-16-12-10-13-17-35/h10,12-13,16-17,19-22,31-33,37-43,46-50,53,67-72,77H,5-9,11,14-15,18,23-30H2,1-4H3,(H2,59,73)(H,60,74)(H,61,75)(H,62,78)(H,63,76)(H,64,79)/t31?,32?,33-,37-,38-,39+,40+,41+,42-,43-,46+,47+,48+,49+,50-,53-/m1/s1. The van der Waals surface area contributed by atoms with E-state index in [1.807, 2.05) is 0 Å². The fourth-order valence-corrected chi connectivity index (χ4v) is 11.7. The molecule has 452 valence electrons. The molecular formula is C57H85BN8O16. The van der Waals surface area contributed by atoms with Crippen LogP contribution in [0.3, 0.4) is 0 Å². The van der Waals surface area contributed by atoms with Gasteiger partial charge in [-0.05, 0) is 67.5 Å². The van der Waals surface area contributed by atoms with Crippen LogP contribution in [-0.2, 0) is 43.0 Å². The molecule has 14 N–H and O–H groups in total. The first-order valence-electron chi connectivity index (χ1n) is 29.0. The van der Waals surface area contributed by atoms with Crippen LogP contribution in [0.2, 0.25) is 6.32 Å². The first kappa shape index (κ1) is 64.9. The molecule has 0 aromatic heterocycles. The van der Waals surface area contributed by atoms with E-state index in [0.717, 1.165) is 55.2 Å². The van der Waals surface area contributed by atoms with Crippen molar-refractivity contribution >= 4 is 59.6 Å². The van der Waals surface area contributed by atoms with Crippen LogP contribution in [0.1, 0.15) is 129 Å². The van der Waals surface area contributed by atoms with Gasteiger partial charge in [0.15, 0.2) is 6.23 Å². The second-order valence-electron chi connectivity index (χ2n) is 23.0. The van der Waals surface area contributed by atoms with E-state index in [9.17, 15) is 69.3 Å². The van der Waals surface area contributed by atoms with E-state index >= 15 is 4.79 Å². The summed E-state index contributed by atoms with van der Waals surface area (Å²) in [4.78, 5) is 116. The molecule has 4 aliphatic heterocycles. The van der Waals surface area contributed by atoms with Crippen molar-refractivity contribution in [1.82, 2.24) is 36.4 Å². The van der Waals surface area contributed by atoms with Crippen LogP contribution < -0.4 is 37.8 Å². The third kappa shape index (κ3) is 17.4. The molecule has 8 amide bonds. The molecule has 24 nitrogen and oxygen atoms in total. The molecule has 6 rings (SSSR count). The van der Waals surface area contributed by atoms with Crippen molar-refractivity contribution in [2.24, 2.45) is 17.6 Å². The third-order valence-corrected chi connectivity index (χ3v) is 16.4. The lowest BCUT2D eigenvalue weighted by molar-refractivity contribution is -0.148. The molecule has 16 atom stereocenters.